The van der Waals surface area contributed by atoms with Gasteiger partial charge in [0.1, 0.15) is 11.8 Å². The molecule has 0 spiro atoms. The van der Waals surface area contributed by atoms with Crippen molar-refractivity contribution in [2.75, 3.05) is 17.7 Å². The topological polar surface area (TPSA) is 88.1 Å². The quantitative estimate of drug-likeness (QED) is 0.850. The van der Waals surface area contributed by atoms with E-state index in [0.29, 0.717) is 27.7 Å². The summed E-state index contributed by atoms with van der Waals surface area (Å²) in [6, 6.07) is 13.5. The Morgan fingerprint density at radius 1 is 1.33 bits per heavy atom. The highest BCUT2D eigenvalue weighted by Gasteiger charge is 2.08. The number of amides is 1. The molecule has 0 aliphatic carbocycles. The lowest BCUT2D eigenvalue weighted by molar-refractivity contribution is -0.118. The number of nitrogens with zero attached hydrogens (tertiary/aromatic N) is 1. The van der Waals surface area contributed by atoms with E-state index in [1.54, 1.807) is 42.5 Å². The highest BCUT2D eigenvalue weighted by Crippen LogP contribution is 2.24. The maximum atomic E-state index is 11.8. The molecule has 0 aliphatic heterocycles. The second-order valence-electron chi connectivity index (χ2n) is 4.18. The van der Waals surface area contributed by atoms with Gasteiger partial charge in [-0.15, -0.1) is 0 Å². The number of hydrogen-bond donors (Lipinski definition) is 2. The summed E-state index contributed by atoms with van der Waals surface area (Å²) < 4.78 is 5.32. The lowest BCUT2D eigenvalue weighted by atomic mass is 10.2. The van der Waals surface area contributed by atoms with Gasteiger partial charge in [0, 0.05) is 5.69 Å². The molecule has 0 aromatic heterocycles. The van der Waals surface area contributed by atoms with Crippen LogP contribution in [-0.2, 0) is 4.79 Å². The van der Waals surface area contributed by atoms with E-state index < -0.39 is 0 Å². The molecule has 6 heteroatoms. The molecule has 0 saturated carbocycles. The van der Waals surface area contributed by atoms with Crippen molar-refractivity contribution in [3.05, 3.63) is 53.1 Å². The Hall–Kier alpha value is -2.71. The fraction of sp³-hybridized carbons (Fsp3) is 0.0667. The van der Waals surface area contributed by atoms with Gasteiger partial charge in [-0.25, -0.2) is 0 Å². The molecule has 5 nitrogen and oxygen atoms in total. The SMILES string of the molecule is N#Cc1ccccc1OCC(=O)Nc1ccc(N)cc1Cl. The predicted octanol–water partition coefficient (Wildman–Crippen LogP) is 2.81. The molecule has 3 N–H and O–H groups in total. The number of anilines is 2. The zero-order valence-corrected chi connectivity index (χ0v) is 11.7. The highest BCUT2D eigenvalue weighted by atomic mass is 35.5. The standard InChI is InChI=1S/C15H12ClN3O2/c16-12-7-11(18)5-6-13(12)19-15(20)9-21-14-4-2-1-3-10(14)8-17/h1-7H,9,18H2,(H,19,20). The average molecular weight is 302 g/mol. The molecule has 1 amide bonds. The van der Waals surface area contributed by atoms with E-state index in [4.69, 9.17) is 27.3 Å². The second-order valence-corrected chi connectivity index (χ2v) is 4.59. The molecule has 2 aromatic carbocycles. The van der Waals surface area contributed by atoms with Gasteiger partial charge in [0.25, 0.3) is 5.91 Å². The Bertz CT molecular complexity index is 710. The van der Waals surface area contributed by atoms with Crippen LogP contribution in [0.5, 0.6) is 5.75 Å². The van der Waals surface area contributed by atoms with Crippen molar-refractivity contribution in [3.63, 3.8) is 0 Å². The van der Waals surface area contributed by atoms with E-state index in [1.165, 1.54) is 0 Å². The molecular weight excluding hydrogens is 290 g/mol. The number of carbonyl (C=O) groups excluding carboxylic acids is 1. The van der Waals surface area contributed by atoms with Gasteiger partial charge in [0.15, 0.2) is 6.61 Å². The highest BCUT2D eigenvalue weighted by molar-refractivity contribution is 6.34. The summed E-state index contributed by atoms with van der Waals surface area (Å²) in [5.74, 6) is -0.0204. The lowest BCUT2D eigenvalue weighted by Gasteiger charge is -2.10. The molecule has 2 rings (SSSR count). The number of hydrogen-bond acceptors (Lipinski definition) is 4. The first-order chi connectivity index (χ1) is 10.1. The molecule has 0 atom stereocenters. The zero-order chi connectivity index (χ0) is 15.2. The number of nitriles is 1. The maximum absolute atomic E-state index is 11.8. The lowest BCUT2D eigenvalue weighted by Crippen LogP contribution is -2.20. The summed E-state index contributed by atoms with van der Waals surface area (Å²) in [7, 11) is 0. The van der Waals surface area contributed by atoms with Crippen molar-refractivity contribution in [2.24, 2.45) is 0 Å². The average Bonchev–Trinajstić information content (AvgIpc) is 2.48. The van der Waals surface area contributed by atoms with Crippen molar-refractivity contribution in [3.8, 4) is 11.8 Å². The van der Waals surface area contributed by atoms with Crippen LogP contribution in [0.3, 0.4) is 0 Å². The summed E-state index contributed by atoms with van der Waals surface area (Å²) in [6.45, 7) is -0.223. The third-order valence-corrected chi connectivity index (χ3v) is 2.95. The van der Waals surface area contributed by atoms with Gasteiger partial charge in [-0.1, -0.05) is 23.7 Å². The van der Waals surface area contributed by atoms with E-state index in [9.17, 15) is 4.79 Å². The smallest absolute Gasteiger partial charge is 0.262 e. The largest absolute Gasteiger partial charge is 0.482 e. The van der Waals surface area contributed by atoms with Crippen LogP contribution >= 0.6 is 11.6 Å². The van der Waals surface area contributed by atoms with Crippen LogP contribution in [0.15, 0.2) is 42.5 Å². The van der Waals surface area contributed by atoms with Gasteiger partial charge in [0.2, 0.25) is 0 Å². The Balaban J connectivity index is 1.98. The molecule has 0 fully saturated rings. The van der Waals surface area contributed by atoms with Gasteiger partial charge in [-0.2, -0.15) is 5.26 Å². The molecule has 0 aliphatic rings. The van der Waals surface area contributed by atoms with Gasteiger partial charge in [-0.05, 0) is 30.3 Å². The fourth-order valence-corrected chi connectivity index (χ4v) is 1.88. The third kappa shape index (κ3) is 3.88. The zero-order valence-electron chi connectivity index (χ0n) is 11.0. The Kier molecular flexibility index (Phi) is 4.64. The van der Waals surface area contributed by atoms with Gasteiger partial charge in [0.05, 0.1) is 16.3 Å². The molecule has 21 heavy (non-hydrogen) atoms. The summed E-state index contributed by atoms with van der Waals surface area (Å²) in [5, 5.41) is 11.9. The molecule has 2 aromatic rings. The minimum Gasteiger partial charge on any atom is -0.482 e. The minimum atomic E-state index is -0.380. The minimum absolute atomic E-state index is 0.223. The summed E-state index contributed by atoms with van der Waals surface area (Å²) in [6.07, 6.45) is 0. The number of nitrogens with two attached hydrogens (primary N) is 1. The van der Waals surface area contributed by atoms with E-state index in [0.717, 1.165) is 0 Å². The van der Waals surface area contributed by atoms with Crippen LogP contribution in [-0.4, -0.2) is 12.5 Å². The molecule has 0 bridgehead atoms. The Labute approximate surface area is 126 Å². The maximum Gasteiger partial charge on any atom is 0.262 e. The summed E-state index contributed by atoms with van der Waals surface area (Å²) in [4.78, 5) is 11.8. The van der Waals surface area contributed by atoms with Crippen molar-refractivity contribution in [1.29, 1.82) is 5.26 Å². The number of ether oxygens (including phenoxy) is 1. The second kappa shape index (κ2) is 6.64. The Morgan fingerprint density at radius 3 is 2.81 bits per heavy atom. The molecule has 0 unspecified atom stereocenters. The van der Waals surface area contributed by atoms with Gasteiger partial charge < -0.3 is 15.8 Å². The van der Waals surface area contributed by atoms with Crippen molar-refractivity contribution < 1.29 is 9.53 Å². The van der Waals surface area contributed by atoms with Crippen LogP contribution in [0.25, 0.3) is 0 Å². The molecule has 0 heterocycles. The number of para-hydroxylation sites is 1. The fourth-order valence-electron chi connectivity index (χ4n) is 1.65. The van der Waals surface area contributed by atoms with Gasteiger partial charge in [-0.3, -0.25) is 4.79 Å². The predicted molar refractivity (Wildman–Crippen MR) is 81.1 cm³/mol. The van der Waals surface area contributed by atoms with Crippen LogP contribution in [0.2, 0.25) is 5.02 Å². The third-order valence-electron chi connectivity index (χ3n) is 2.63. The molecular formula is C15H12ClN3O2. The first-order valence-electron chi connectivity index (χ1n) is 6.07. The van der Waals surface area contributed by atoms with Crippen LogP contribution < -0.4 is 15.8 Å². The van der Waals surface area contributed by atoms with Crippen molar-refractivity contribution in [2.45, 2.75) is 0 Å². The number of rotatable bonds is 4. The van der Waals surface area contributed by atoms with Crippen LogP contribution in [0.1, 0.15) is 5.56 Å². The molecule has 106 valence electrons. The number of nitrogen functional groups attached to an aromatic ring is 1. The van der Waals surface area contributed by atoms with E-state index in [1.807, 2.05) is 6.07 Å². The number of benzene rings is 2. The van der Waals surface area contributed by atoms with Crippen LogP contribution in [0, 0.1) is 11.3 Å². The van der Waals surface area contributed by atoms with E-state index in [-0.39, 0.29) is 12.5 Å². The van der Waals surface area contributed by atoms with Crippen molar-refractivity contribution in [1.82, 2.24) is 0 Å². The molecule has 0 saturated heterocycles. The normalized spacial score (nSPS) is 9.71. The Morgan fingerprint density at radius 2 is 2.10 bits per heavy atom. The summed E-state index contributed by atoms with van der Waals surface area (Å²) in [5.41, 5.74) is 6.91. The number of carbonyl (C=O) groups is 1. The number of halogens is 1. The van der Waals surface area contributed by atoms with E-state index in [2.05, 4.69) is 5.32 Å². The first kappa shape index (κ1) is 14.7. The summed E-state index contributed by atoms with van der Waals surface area (Å²) >= 11 is 5.96. The van der Waals surface area contributed by atoms with Gasteiger partial charge >= 0.3 is 0 Å². The van der Waals surface area contributed by atoms with Crippen LogP contribution in [0.4, 0.5) is 11.4 Å². The monoisotopic (exact) mass is 301 g/mol. The van der Waals surface area contributed by atoms with E-state index >= 15 is 0 Å². The van der Waals surface area contributed by atoms with Crippen molar-refractivity contribution >= 4 is 28.9 Å². The first-order valence-corrected chi connectivity index (χ1v) is 6.45. The number of nitrogens with one attached hydrogen (secondary N) is 1. The molecule has 0 radical (unpaired) electrons.